The predicted octanol–water partition coefficient (Wildman–Crippen LogP) is 1.79. The number of Topliss-reactive ketones (excluding diaryl/α,β-unsaturated/α-hetero) is 1. The summed E-state index contributed by atoms with van der Waals surface area (Å²) in [6.45, 7) is 1.34. The third-order valence-corrected chi connectivity index (χ3v) is 4.73. The normalized spacial score (nSPS) is 11.0. The van der Waals surface area contributed by atoms with E-state index in [-0.39, 0.29) is 4.90 Å². The van der Waals surface area contributed by atoms with Crippen molar-refractivity contribution < 1.29 is 27.5 Å². The van der Waals surface area contributed by atoms with Gasteiger partial charge in [-0.05, 0) is 43.3 Å². The first-order valence-corrected chi connectivity index (χ1v) is 9.37. The van der Waals surface area contributed by atoms with Crippen molar-refractivity contribution in [1.82, 2.24) is 4.72 Å². The van der Waals surface area contributed by atoms with Gasteiger partial charge in [-0.3, -0.25) is 9.59 Å². The molecule has 0 saturated carbocycles. The minimum Gasteiger partial charge on any atom is -0.494 e. The standard InChI is InChI=1S/C18H19NO6S/c1-2-24-15-10-8-14(9-11-15)17(20)13-25-18(21)12-19-26(22,23)16-6-4-3-5-7-16/h3-11,19H,2,12-13H2,1H3. The fourth-order valence-corrected chi connectivity index (χ4v) is 3.01. The minimum atomic E-state index is -3.81. The lowest BCUT2D eigenvalue weighted by Gasteiger charge is -2.08. The van der Waals surface area contributed by atoms with E-state index in [4.69, 9.17) is 9.47 Å². The first-order chi connectivity index (χ1) is 12.4. The van der Waals surface area contributed by atoms with E-state index >= 15 is 0 Å². The van der Waals surface area contributed by atoms with Gasteiger partial charge in [0, 0.05) is 5.56 Å². The maximum atomic E-state index is 12.0. The van der Waals surface area contributed by atoms with Crippen molar-refractivity contribution in [1.29, 1.82) is 0 Å². The van der Waals surface area contributed by atoms with Crippen LogP contribution in [0, 0.1) is 0 Å². The largest absolute Gasteiger partial charge is 0.494 e. The van der Waals surface area contributed by atoms with Gasteiger partial charge in [-0.2, -0.15) is 4.72 Å². The predicted molar refractivity (Wildman–Crippen MR) is 94.5 cm³/mol. The molecule has 2 aromatic carbocycles. The molecule has 2 aromatic rings. The maximum Gasteiger partial charge on any atom is 0.321 e. The summed E-state index contributed by atoms with van der Waals surface area (Å²) in [4.78, 5) is 23.7. The number of carbonyl (C=O) groups excluding carboxylic acids is 2. The Morgan fingerprint density at radius 3 is 2.27 bits per heavy atom. The van der Waals surface area contributed by atoms with Crippen LogP contribution in [0.4, 0.5) is 0 Å². The van der Waals surface area contributed by atoms with Crippen LogP contribution in [0.1, 0.15) is 17.3 Å². The minimum absolute atomic E-state index is 0.0401. The molecule has 7 nitrogen and oxygen atoms in total. The summed E-state index contributed by atoms with van der Waals surface area (Å²) in [5, 5.41) is 0. The van der Waals surface area contributed by atoms with Crippen LogP contribution < -0.4 is 9.46 Å². The van der Waals surface area contributed by atoms with Gasteiger partial charge in [-0.1, -0.05) is 18.2 Å². The number of hydrogen-bond acceptors (Lipinski definition) is 6. The first-order valence-electron chi connectivity index (χ1n) is 7.89. The Labute approximate surface area is 152 Å². The number of nitrogens with one attached hydrogen (secondary N) is 1. The van der Waals surface area contributed by atoms with Crippen molar-refractivity contribution in [2.45, 2.75) is 11.8 Å². The Bertz CT molecular complexity index is 847. The third-order valence-electron chi connectivity index (χ3n) is 3.31. The molecule has 0 amide bonds. The number of rotatable bonds is 9. The van der Waals surface area contributed by atoms with Crippen LogP contribution in [0.5, 0.6) is 5.75 Å². The molecule has 0 fully saturated rings. The van der Waals surface area contributed by atoms with E-state index in [2.05, 4.69) is 4.72 Å². The van der Waals surface area contributed by atoms with Crippen molar-refractivity contribution >= 4 is 21.8 Å². The van der Waals surface area contributed by atoms with E-state index in [0.717, 1.165) is 0 Å². The van der Waals surface area contributed by atoms with Gasteiger partial charge in [0.1, 0.15) is 12.3 Å². The van der Waals surface area contributed by atoms with Crippen molar-refractivity contribution in [2.24, 2.45) is 0 Å². The molecule has 0 radical (unpaired) electrons. The van der Waals surface area contributed by atoms with Crippen LogP contribution in [0.2, 0.25) is 0 Å². The number of benzene rings is 2. The van der Waals surface area contributed by atoms with Gasteiger partial charge in [0.15, 0.2) is 12.4 Å². The number of ketones is 1. The molecule has 0 saturated heterocycles. The molecule has 0 aliphatic carbocycles. The Kier molecular flexibility index (Phi) is 6.88. The molecule has 0 aliphatic rings. The van der Waals surface area contributed by atoms with Gasteiger partial charge in [-0.15, -0.1) is 0 Å². The maximum absolute atomic E-state index is 12.0. The molecule has 0 aliphatic heterocycles. The highest BCUT2D eigenvalue weighted by atomic mass is 32.2. The number of carbonyl (C=O) groups is 2. The van der Waals surface area contributed by atoms with E-state index < -0.39 is 34.9 Å². The Morgan fingerprint density at radius 2 is 1.65 bits per heavy atom. The van der Waals surface area contributed by atoms with Crippen LogP contribution in [0.15, 0.2) is 59.5 Å². The number of esters is 1. The van der Waals surface area contributed by atoms with E-state index in [0.29, 0.717) is 17.9 Å². The summed E-state index contributed by atoms with van der Waals surface area (Å²) in [7, 11) is -3.81. The highest BCUT2D eigenvalue weighted by Gasteiger charge is 2.16. The lowest BCUT2D eigenvalue weighted by molar-refractivity contribution is -0.141. The zero-order chi connectivity index (χ0) is 19.0. The molecule has 0 atom stereocenters. The molecule has 0 aromatic heterocycles. The van der Waals surface area contributed by atoms with Gasteiger partial charge in [0.2, 0.25) is 10.0 Å². The van der Waals surface area contributed by atoms with Crippen molar-refractivity contribution in [3.05, 3.63) is 60.2 Å². The Balaban J connectivity index is 1.82. The first kappa shape index (κ1) is 19.6. The summed E-state index contributed by atoms with van der Waals surface area (Å²) >= 11 is 0. The summed E-state index contributed by atoms with van der Waals surface area (Å²) < 4.78 is 36.2. The molecule has 0 spiro atoms. The smallest absolute Gasteiger partial charge is 0.321 e. The molecule has 0 heterocycles. The van der Waals surface area contributed by atoms with Crippen LogP contribution in [-0.2, 0) is 19.6 Å². The molecule has 2 rings (SSSR count). The van der Waals surface area contributed by atoms with Gasteiger partial charge in [0.25, 0.3) is 0 Å². The van der Waals surface area contributed by atoms with Gasteiger partial charge >= 0.3 is 5.97 Å². The van der Waals surface area contributed by atoms with Crippen LogP contribution >= 0.6 is 0 Å². The van der Waals surface area contributed by atoms with Crippen LogP contribution in [-0.4, -0.2) is 39.9 Å². The fraction of sp³-hybridized carbons (Fsp3) is 0.222. The van der Waals surface area contributed by atoms with Gasteiger partial charge in [-0.25, -0.2) is 8.42 Å². The number of hydrogen-bond donors (Lipinski definition) is 1. The lowest BCUT2D eigenvalue weighted by atomic mass is 10.1. The molecule has 0 unspecified atom stereocenters. The molecule has 0 bridgehead atoms. The molecular formula is C18H19NO6S. The highest BCUT2D eigenvalue weighted by molar-refractivity contribution is 7.89. The molecule has 1 N–H and O–H groups in total. The Hall–Kier alpha value is -2.71. The topological polar surface area (TPSA) is 98.8 Å². The van der Waals surface area contributed by atoms with Crippen molar-refractivity contribution in [2.75, 3.05) is 19.8 Å². The number of ether oxygens (including phenoxy) is 2. The van der Waals surface area contributed by atoms with Crippen LogP contribution in [0.25, 0.3) is 0 Å². The third kappa shape index (κ3) is 5.68. The molecule has 8 heteroatoms. The second kappa shape index (κ2) is 9.12. The second-order valence-corrected chi connectivity index (χ2v) is 6.95. The van der Waals surface area contributed by atoms with Gasteiger partial charge < -0.3 is 9.47 Å². The molecular weight excluding hydrogens is 358 g/mol. The monoisotopic (exact) mass is 377 g/mol. The van der Waals surface area contributed by atoms with E-state index in [9.17, 15) is 18.0 Å². The zero-order valence-electron chi connectivity index (χ0n) is 14.2. The molecule has 26 heavy (non-hydrogen) atoms. The summed E-state index contributed by atoms with van der Waals surface area (Å²) in [5.41, 5.74) is 0.367. The average molecular weight is 377 g/mol. The number of sulfonamides is 1. The van der Waals surface area contributed by atoms with E-state index in [1.807, 2.05) is 6.92 Å². The fourth-order valence-electron chi connectivity index (χ4n) is 2.02. The van der Waals surface area contributed by atoms with E-state index in [1.165, 1.54) is 12.1 Å². The van der Waals surface area contributed by atoms with Crippen LogP contribution in [0.3, 0.4) is 0 Å². The zero-order valence-corrected chi connectivity index (χ0v) is 15.0. The summed E-state index contributed by atoms with van der Waals surface area (Å²) in [6.07, 6.45) is 0. The van der Waals surface area contributed by atoms with Crippen molar-refractivity contribution in [3.8, 4) is 5.75 Å². The summed E-state index contributed by atoms with van der Waals surface area (Å²) in [6, 6.07) is 14.1. The second-order valence-electron chi connectivity index (χ2n) is 5.18. The van der Waals surface area contributed by atoms with E-state index in [1.54, 1.807) is 42.5 Å². The summed E-state index contributed by atoms with van der Waals surface area (Å²) in [5.74, 6) is -0.604. The molecule has 138 valence electrons. The van der Waals surface area contributed by atoms with Crippen molar-refractivity contribution in [3.63, 3.8) is 0 Å². The average Bonchev–Trinajstić information content (AvgIpc) is 2.66. The SMILES string of the molecule is CCOc1ccc(C(=O)COC(=O)CNS(=O)(=O)c2ccccc2)cc1. The highest BCUT2D eigenvalue weighted by Crippen LogP contribution is 2.12. The Morgan fingerprint density at radius 1 is 1.00 bits per heavy atom. The van der Waals surface area contributed by atoms with Gasteiger partial charge in [0.05, 0.1) is 11.5 Å². The lowest BCUT2D eigenvalue weighted by Crippen LogP contribution is -2.31. The quantitative estimate of drug-likeness (QED) is 0.528.